The van der Waals surface area contributed by atoms with Crippen LogP contribution in [0.5, 0.6) is 5.75 Å². The second-order valence-corrected chi connectivity index (χ2v) is 4.07. The van der Waals surface area contributed by atoms with Gasteiger partial charge in [-0.15, -0.1) is 0 Å². The highest BCUT2D eigenvalue weighted by Crippen LogP contribution is 2.29. The predicted molar refractivity (Wildman–Crippen MR) is 61.7 cm³/mol. The number of carbonyl (C=O) groups is 1. The van der Waals surface area contributed by atoms with Gasteiger partial charge in [-0.3, -0.25) is 4.21 Å². The van der Waals surface area contributed by atoms with Crippen LogP contribution in [0.1, 0.15) is 10.4 Å². The summed E-state index contributed by atoms with van der Waals surface area (Å²) < 4.78 is 32.3. The molecule has 0 saturated heterocycles. The third-order valence-corrected chi connectivity index (χ3v) is 2.81. The Labute approximate surface area is 102 Å². The normalized spacial score (nSPS) is 11.8. The van der Waals surface area contributed by atoms with Crippen molar-refractivity contribution in [3.05, 3.63) is 23.8 Å². The van der Waals surface area contributed by atoms with Crippen LogP contribution in [0.4, 0.5) is 5.69 Å². The van der Waals surface area contributed by atoms with Crippen LogP contribution in [0.3, 0.4) is 0 Å². The van der Waals surface area contributed by atoms with E-state index < -0.39 is 17.2 Å². The van der Waals surface area contributed by atoms with Gasteiger partial charge in [0.25, 0.3) is 0 Å². The Bertz CT molecular complexity index is 448. The van der Waals surface area contributed by atoms with Gasteiger partial charge in [0.1, 0.15) is 5.75 Å². The van der Waals surface area contributed by atoms with E-state index in [1.54, 1.807) is 0 Å². The van der Waals surface area contributed by atoms with Gasteiger partial charge >= 0.3 is 5.97 Å². The van der Waals surface area contributed by atoms with E-state index in [9.17, 15) is 13.6 Å². The molecule has 0 amide bonds. The molecule has 0 aliphatic rings. The number of rotatable bonds is 4. The molecule has 0 aromatic heterocycles. The monoisotopic (exact) mass is 258 g/mol. The zero-order valence-corrected chi connectivity index (χ0v) is 10.4. The quantitative estimate of drug-likeness (QED) is 0.587. The van der Waals surface area contributed by atoms with Gasteiger partial charge in [0, 0.05) is 18.3 Å². The average Bonchev–Trinajstić information content (AvgIpc) is 2.35. The van der Waals surface area contributed by atoms with Crippen LogP contribution < -0.4 is 9.04 Å². The number of hydrogen-bond donors (Lipinski definition) is 0. The maximum Gasteiger partial charge on any atom is 0.337 e. The molecule has 0 bridgehead atoms. The van der Waals surface area contributed by atoms with Crippen LogP contribution in [-0.4, -0.2) is 36.0 Å². The van der Waals surface area contributed by atoms with Crippen LogP contribution in [0.2, 0.25) is 0 Å². The summed E-state index contributed by atoms with van der Waals surface area (Å²) in [5.74, 6) is -0.191. The van der Waals surface area contributed by atoms with Gasteiger partial charge in [-0.2, -0.15) is 0 Å². The number of nitrogens with zero attached hydrogens (tertiary/aromatic N) is 1. The summed E-state index contributed by atoms with van der Waals surface area (Å²) in [6, 6.07) is 4.39. The Morgan fingerprint density at radius 1 is 1.41 bits per heavy atom. The molecule has 17 heavy (non-hydrogen) atoms. The maximum atomic E-state index is 11.3. The van der Waals surface area contributed by atoms with Crippen LogP contribution in [0, 0.1) is 0 Å². The Kier molecular flexibility index (Phi) is 4.47. The van der Waals surface area contributed by atoms with Crippen LogP contribution in [0.15, 0.2) is 18.2 Å². The minimum Gasteiger partial charge on any atom is -0.755 e. The summed E-state index contributed by atoms with van der Waals surface area (Å²) in [6.45, 7) is 0. The SMILES string of the molecule is COC(=O)c1ccc(OC)c(N(C)S(=O)[O-])c1. The molecule has 0 radical (unpaired) electrons. The maximum absolute atomic E-state index is 11.3. The lowest BCUT2D eigenvalue weighted by Crippen LogP contribution is -2.20. The van der Waals surface area contributed by atoms with Crippen molar-refractivity contribution in [2.45, 2.75) is 0 Å². The first kappa shape index (κ1) is 13.5. The predicted octanol–water partition coefficient (Wildman–Crippen LogP) is 0.712. The highest BCUT2D eigenvalue weighted by atomic mass is 32.2. The summed E-state index contributed by atoms with van der Waals surface area (Å²) in [5, 5.41) is 0. The number of carbonyl (C=O) groups excluding carboxylic acids is 1. The molecule has 0 saturated carbocycles. The van der Waals surface area contributed by atoms with E-state index >= 15 is 0 Å². The molecule has 0 spiro atoms. The van der Waals surface area contributed by atoms with Crippen LogP contribution >= 0.6 is 0 Å². The van der Waals surface area contributed by atoms with Crippen LogP contribution in [-0.2, 0) is 16.0 Å². The zero-order valence-electron chi connectivity index (χ0n) is 9.63. The highest BCUT2D eigenvalue weighted by Gasteiger charge is 2.13. The van der Waals surface area contributed by atoms with Crippen LogP contribution in [0.25, 0.3) is 0 Å². The number of hydrogen-bond acceptors (Lipinski definition) is 5. The lowest BCUT2D eigenvalue weighted by atomic mass is 10.2. The number of ether oxygens (including phenoxy) is 2. The molecule has 94 valence electrons. The number of methoxy groups -OCH3 is 2. The average molecular weight is 258 g/mol. The Balaban J connectivity index is 3.24. The van der Waals surface area contributed by atoms with Gasteiger partial charge in [-0.1, -0.05) is 0 Å². The van der Waals surface area contributed by atoms with Gasteiger partial charge in [0.2, 0.25) is 0 Å². The smallest absolute Gasteiger partial charge is 0.337 e. The summed E-state index contributed by atoms with van der Waals surface area (Å²) >= 11 is -2.45. The number of anilines is 1. The molecule has 0 N–H and O–H groups in total. The molecule has 0 heterocycles. The van der Waals surface area contributed by atoms with E-state index in [0.29, 0.717) is 5.75 Å². The van der Waals surface area contributed by atoms with E-state index in [-0.39, 0.29) is 11.3 Å². The van der Waals surface area contributed by atoms with Crippen molar-refractivity contribution in [3.63, 3.8) is 0 Å². The fraction of sp³-hybridized carbons (Fsp3) is 0.300. The van der Waals surface area contributed by atoms with Crippen molar-refractivity contribution in [3.8, 4) is 5.75 Å². The molecule has 0 aliphatic heterocycles. The number of benzene rings is 1. The standard InChI is InChI=1S/C10H13NO5S/c1-11(17(13)14)8-6-7(10(12)16-3)4-5-9(8)15-2/h4-6H,1-3H3,(H,13,14)/p-1. The van der Waals surface area contributed by atoms with Gasteiger partial charge < -0.3 is 18.3 Å². The summed E-state index contributed by atoms with van der Waals surface area (Å²) in [6.07, 6.45) is 0. The molecular weight excluding hydrogens is 246 g/mol. The molecule has 1 atom stereocenters. The van der Waals surface area contributed by atoms with Crippen molar-refractivity contribution in [2.24, 2.45) is 0 Å². The van der Waals surface area contributed by atoms with Crippen molar-refractivity contribution in [1.29, 1.82) is 0 Å². The fourth-order valence-electron chi connectivity index (χ4n) is 1.26. The van der Waals surface area contributed by atoms with Gasteiger partial charge in [0.15, 0.2) is 0 Å². The van der Waals surface area contributed by atoms with Gasteiger partial charge in [0.05, 0.1) is 25.5 Å². The largest absolute Gasteiger partial charge is 0.755 e. The molecule has 1 aromatic carbocycles. The minimum absolute atomic E-state index is 0.251. The fourth-order valence-corrected chi connectivity index (χ4v) is 1.56. The third-order valence-electron chi connectivity index (χ3n) is 2.16. The molecule has 0 aliphatic carbocycles. The second-order valence-electron chi connectivity index (χ2n) is 3.09. The first-order chi connectivity index (χ1) is 8.01. The molecule has 1 unspecified atom stereocenters. The van der Waals surface area contributed by atoms with Crippen molar-refractivity contribution in [2.75, 3.05) is 25.6 Å². The number of esters is 1. The van der Waals surface area contributed by atoms with Gasteiger partial charge in [-0.05, 0) is 18.2 Å². The zero-order chi connectivity index (χ0) is 13.0. The van der Waals surface area contributed by atoms with E-state index in [2.05, 4.69) is 4.74 Å². The molecule has 1 aromatic rings. The van der Waals surface area contributed by atoms with Gasteiger partial charge in [-0.25, -0.2) is 4.79 Å². The molecule has 6 nitrogen and oxygen atoms in total. The van der Waals surface area contributed by atoms with E-state index in [4.69, 9.17) is 4.74 Å². The van der Waals surface area contributed by atoms with E-state index in [0.717, 1.165) is 4.31 Å². The van der Waals surface area contributed by atoms with Crippen molar-refractivity contribution < 1.29 is 23.0 Å². The lowest BCUT2D eigenvalue weighted by molar-refractivity contribution is 0.0600. The molecule has 7 heteroatoms. The Morgan fingerprint density at radius 3 is 2.53 bits per heavy atom. The summed E-state index contributed by atoms with van der Waals surface area (Å²) in [4.78, 5) is 11.3. The second kappa shape index (κ2) is 5.65. The first-order valence-electron chi connectivity index (χ1n) is 4.60. The summed E-state index contributed by atoms with van der Waals surface area (Å²) in [7, 11) is 4.02. The first-order valence-corrected chi connectivity index (χ1v) is 5.64. The lowest BCUT2D eigenvalue weighted by Gasteiger charge is -2.23. The summed E-state index contributed by atoms with van der Waals surface area (Å²) in [5.41, 5.74) is 0.518. The topological polar surface area (TPSA) is 78.9 Å². The Morgan fingerprint density at radius 2 is 2.06 bits per heavy atom. The minimum atomic E-state index is -2.45. The van der Waals surface area contributed by atoms with E-state index in [1.165, 1.54) is 39.5 Å². The third kappa shape index (κ3) is 2.95. The molecule has 1 rings (SSSR count). The van der Waals surface area contributed by atoms with Crippen molar-refractivity contribution >= 4 is 22.9 Å². The highest BCUT2D eigenvalue weighted by molar-refractivity contribution is 7.80. The van der Waals surface area contributed by atoms with Crippen molar-refractivity contribution in [1.82, 2.24) is 0 Å². The molecular formula is C10H12NO5S-. The molecule has 0 fully saturated rings. The van der Waals surface area contributed by atoms with E-state index in [1.807, 2.05) is 0 Å². The Hall–Kier alpha value is -1.60.